The number of nitrogens with two attached hydrogens (primary N) is 1. The van der Waals surface area contributed by atoms with Gasteiger partial charge in [0.1, 0.15) is 0 Å². The van der Waals surface area contributed by atoms with Crippen LogP contribution in [0.2, 0.25) is 0 Å². The van der Waals surface area contributed by atoms with Crippen molar-refractivity contribution in [2.75, 3.05) is 13.1 Å². The monoisotopic (exact) mass is 277 g/mol. The molecule has 5 heteroatoms. The molecule has 4 nitrogen and oxygen atoms in total. The number of thiocarbonyl (C=S) groups is 1. The highest BCUT2D eigenvalue weighted by atomic mass is 32.1. The third-order valence-corrected chi connectivity index (χ3v) is 3.80. The molecular weight excluding hydrogens is 258 g/mol. The molecular formula is C14H19N3OS. The van der Waals surface area contributed by atoms with Gasteiger partial charge in [-0.25, -0.2) is 0 Å². The molecule has 1 saturated heterocycles. The Balaban J connectivity index is 1.84. The van der Waals surface area contributed by atoms with Crippen LogP contribution in [0.3, 0.4) is 0 Å². The predicted molar refractivity (Wildman–Crippen MR) is 79.4 cm³/mol. The lowest BCUT2D eigenvalue weighted by molar-refractivity contribution is -0.122. The molecule has 1 unspecified atom stereocenters. The molecule has 1 aromatic carbocycles. The van der Waals surface area contributed by atoms with Crippen LogP contribution in [0.1, 0.15) is 18.4 Å². The largest absolute Gasteiger partial charge is 0.369 e. The van der Waals surface area contributed by atoms with Crippen molar-refractivity contribution in [3.05, 3.63) is 35.9 Å². The van der Waals surface area contributed by atoms with E-state index in [1.807, 2.05) is 23.1 Å². The molecule has 3 N–H and O–H groups in total. The van der Waals surface area contributed by atoms with Crippen LogP contribution in [0, 0.1) is 5.92 Å². The molecule has 0 aromatic heterocycles. The average Bonchev–Trinajstić information content (AvgIpc) is 2.46. The summed E-state index contributed by atoms with van der Waals surface area (Å²) in [7, 11) is 0. The molecule has 1 atom stereocenters. The first-order valence-electron chi connectivity index (χ1n) is 6.53. The van der Waals surface area contributed by atoms with Crippen LogP contribution in [0.4, 0.5) is 0 Å². The first-order chi connectivity index (χ1) is 9.16. The molecule has 1 fully saturated rings. The van der Waals surface area contributed by atoms with Gasteiger partial charge in [0.15, 0.2) is 5.11 Å². The van der Waals surface area contributed by atoms with E-state index >= 15 is 0 Å². The summed E-state index contributed by atoms with van der Waals surface area (Å²) in [6.07, 6.45) is 1.83. The Kier molecular flexibility index (Phi) is 4.74. The van der Waals surface area contributed by atoms with Crippen LogP contribution >= 0.6 is 12.2 Å². The number of rotatable bonds is 3. The first-order valence-corrected chi connectivity index (χ1v) is 6.93. The highest BCUT2D eigenvalue weighted by Gasteiger charge is 2.25. The lowest BCUT2D eigenvalue weighted by Crippen LogP contribution is -2.47. The van der Waals surface area contributed by atoms with Gasteiger partial charge in [-0.3, -0.25) is 4.79 Å². The minimum Gasteiger partial charge on any atom is -0.369 e. The number of piperidine rings is 1. The van der Waals surface area contributed by atoms with Gasteiger partial charge in [-0.15, -0.1) is 0 Å². The lowest BCUT2D eigenvalue weighted by Gasteiger charge is -2.33. The van der Waals surface area contributed by atoms with Crippen molar-refractivity contribution in [1.82, 2.24) is 10.2 Å². The van der Waals surface area contributed by atoms with Crippen LogP contribution in [0.25, 0.3) is 0 Å². The summed E-state index contributed by atoms with van der Waals surface area (Å²) in [5.41, 5.74) is 6.55. The summed E-state index contributed by atoms with van der Waals surface area (Å²) in [4.78, 5) is 13.3. The normalized spacial score (nSPS) is 18.9. The number of benzene rings is 1. The number of hydrogen-bond acceptors (Lipinski definition) is 2. The molecule has 1 amide bonds. The average molecular weight is 277 g/mol. The number of carbonyl (C=O) groups is 1. The minimum absolute atomic E-state index is 0.0785. The molecule has 0 bridgehead atoms. The van der Waals surface area contributed by atoms with Crippen LogP contribution < -0.4 is 11.1 Å². The summed E-state index contributed by atoms with van der Waals surface area (Å²) in [6, 6.07) is 10.1. The topological polar surface area (TPSA) is 58.4 Å². The number of nitrogens with one attached hydrogen (secondary N) is 1. The number of amides is 1. The predicted octanol–water partition coefficient (Wildman–Crippen LogP) is 1.26. The zero-order valence-corrected chi connectivity index (χ0v) is 11.7. The Hall–Kier alpha value is -1.62. The highest BCUT2D eigenvalue weighted by molar-refractivity contribution is 7.80. The van der Waals surface area contributed by atoms with Crippen LogP contribution in [0.15, 0.2) is 30.3 Å². The smallest absolute Gasteiger partial charge is 0.222 e. The van der Waals surface area contributed by atoms with Crippen molar-refractivity contribution >= 4 is 23.2 Å². The summed E-state index contributed by atoms with van der Waals surface area (Å²) in [5.74, 6) is -0.305. The Labute approximate surface area is 119 Å². The molecule has 19 heavy (non-hydrogen) atoms. The quantitative estimate of drug-likeness (QED) is 0.817. The number of primary amides is 1. The van der Waals surface area contributed by atoms with E-state index in [4.69, 9.17) is 18.0 Å². The van der Waals surface area contributed by atoms with E-state index in [-0.39, 0.29) is 11.8 Å². The van der Waals surface area contributed by atoms with Crippen molar-refractivity contribution in [1.29, 1.82) is 0 Å². The van der Waals surface area contributed by atoms with Gasteiger partial charge in [-0.2, -0.15) is 0 Å². The fraction of sp³-hybridized carbons (Fsp3) is 0.429. The molecule has 102 valence electrons. The molecule has 0 saturated carbocycles. The second-order valence-corrected chi connectivity index (χ2v) is 5.22. The highest BCUT2D eigenvalue weighted by Crippen LogP contribution is 2.16. The maximum atomic E-state index is 11.2. The zero-order valence-electron chi connectivity index (χ0n) is 10.8. The van der Waals surface area contributed by atoms with Gasteiger partial charge in [0.2, 0.25) is 5.91 Å². The molecule has 0 aliphatic carbocycles. The van der Waals surface area contributed by atoms with E-state index in [1.165, 1.54) is 5.56 Å². The number of nitrogens with zero attached hydrogens (tertiary/aromatic N) is 1. The van der Waals surface area contributed by atoms with Crippen LogP contribution in [-0.2, 0) is 11.3 Å². The van der Waals surface area contributed by atoms with E-state index in [0.29, 0.717) is 18.2 Å². The summed E-state index contributed by atoms with van der Waals surface area (Å²) in [6.45, 7) is 2.23. The van der Waals surface area contributed by atoms with E-state index in [1.54, 1.807) is 0 Å². The molecule has 0 radical (unpaired) electrons. The number of hydrogen-bond donors (Lipinski definition) is 2. The summed E-state index contributed by atoms with van der Waals surface area (Å²) < 4.78 is 0. The molecule has 0 spiro atoms. The third-order valence-electron chi connectivity index (χ3n) is 3.40. The first kappa shape index (κ1) is 13.8. The van der Waals surface area contributed by atoms with Gasteiger partial charge in [0, 0.05) is 19.6 Å². The van der Waals surface area contributed by atoms with Gasteiger partial charge in [0.05, 0.1) is 5.92 Å². The maximum Gasteiger partial charge on any atom is 0.222 e. The van der Waals surface area contributed by atoms with Crippen LogP contribution in [0.5, 0.6) is 0 Å². The van der Waals surface area contributed by atoms with E-state index in [2.05, 4.69) is 17.4 Å². The number of carbonyl (C=O) groups excluding carboxylic acids is 1. The van der Waals surface area contributed by atoms with E-state index < -0.39 is 0 Å². The fourth-order valence-electron chi connectivity index (χ4n) is 2.28. The standard InChI is InChI=1S/C14H19N3OS/c15-13(18)12-7-4-8-17(10-12)14(19)16-9-11-5-2-1-3-6-11/h1-3,5-6,12H,4,7-10H2,(H2,15,18)(H,16,19). The second-order valence-electron chi connectivity index (χ2n) is 4.83. The lowest BCUT2D eigenvalue weighted by atomic mass is 9.98. The number of likely N-dealkylation sites (tertiary alicyclic amines) is 1. The van der Waals surface area contributed by atoms with Crippen molar-refractivity contribution < 1.29 is 4.79 Å². The van der Waals surface area contributed by atoms with Crippen molar-refractivity contribution in [3.8, 4) is 0 Å². The summed E-state index contributed by atoms with van der Waals surface area (Å²) in [5, 5.41) is 3.94. The van der Waals surface area contributed by atoms with Gasteiger partial charge in [0.25, 0.3) is 0 Å². The molecule has 1 aliphatic rings. The Bertz CT molecular complexity index is 449. The van der Waals surface area contributed by atoms with Gasteiger partial charge in [-0.1, -0.05) is 30.3 Å². The molecule has 1 aromatic rings. The van der Waals surface area contributed by atoms with Crippen molar-refractivity contribution in [2.45, 2.75) is 19.4 Å². The van der Waals surface area contributed by atoms with Gasteiger partial charge >= 0.3 is 0 Å². The molecule has 1 aliphatic heterocycles. The van der Waals surface area contributed by atoms with Crippen molar-refractivity contribution in [3.63, 3.8) is 0 Å². The molecule has 2 rings (SSSR count). The van der Waals surface area contributed by atoms with E-state index in [9.17, 15) is 4.79 Å². The SMILES string of the molecule is NC(=O)C1CCCN(C(=S)NCc2ccccc2)C1. The molecule has 1 heterocycles. The maximum absolute atomic E-state index is 11.2. The van der Waals surface area contributed by atoms with E-state index in [0.717, 1.165) is 19.4 Å². The Morgan fingerprint density at radius 2 is 2.16 bits per heavy atom. The van der Waals surface area contributed by atoms with Gasteiger partial charge in [-0.05, 0) is 30.6 Å². The van der Waals surface area contributed by atoms with Gasteiger partial charge < -0.3 is 16.0 Å². The summed E-state index contributed by atoms with van der Waals surface area (Å²) >= 11 is 5.38. The third kappa shape index (κ3) is 3.92. The van der Waals surface area contributed by atoms with Crippen LogP contribution in [-0.4, -0.2) is 29.0 Å². The Morgan fingerprint density at radius 1 is 1.42 bits per heavy atom. The Morgan fingerprint density at radius 3 is 2.84 bits per heavy atom. The fourth-order valence-corrected chi connectivity index (χ4v) is 2.52. The zero-order chi connectivity index (χ0) is 13.7. The second kappa shape index (κ2) is 6.52. The minimum atomic E-state index is -0.226. The van der Waals surface area contributed by atoms with Crippen molar-refractivity contribution in [2.24, 2.45) is 11.7 Å².